The van der Waals surface area contributed by atoms with Gasteiger partial charge in [0.05, 0.1) is 10.6 Å². The van der Waals surface area contributed by atoms with Crippen molar-refractivity contribution in [2.75, 3.05) is 31.7 Å². The molecular formula is C13H20N2O2S. The van der Waals surface area contributed by atoms with Crippen molar-refractivity contribution in [2.45, 2.75) is 23.8 Å². The largest absolute Gasteiger partial charge is 0.382 e. The second-order valence-corrected chi connectivity index (χ2v) is 6.91. The van der Waals surface area contributed by atoms with Crippen LogP contribution in [0.3, 0.4) is 0 Å². The van der Waals surface area contributed by atoms with Gasteiger partial charge in [-0.2, -0.15) is 0 Å². The average Bonchev–Trinajstić information content (AvgIpc) is 2.71. The number of likely N-dealkylation sites (N-methyl/N-ethyl adjacent to an activating group) is 1. The molecular weight excluding hydrogens is 248 g/mol. The first-order valence-electron chi connectivity index (χ1n) is 6.21. The molecule has 100 valence electrons. The molecule has 1 heterocycles. The molecule has 1 fully saturated rings. The standard InChI is InChI=1S/C13H20N2O2S/c1-15-9-5-6-11(15)10-14-12-7-3-4-8-13(12)18(2,16)17/h3-4,7-8,11,14H,5-6,9-10H2,1-2H3. The quantitative estimate of drug-likeness (QED) is 0.901. The summed E-state index contributed by atoms with van der Waals surface area (Å²) in [5, 5.41) is 3.27. The number of para-hydroxylation sites is 1. The third-order valence-corrected chi connectivity index (χ3v) is 4.64. The molecule has 18 heavy (non-hydrogen) atoms. The molecule has 0 bridgehead atoms. The van der Waals surface area contributed by atoms with Crippen molar-refractivity contribution >= 4 is 15.5 Å². The summed E-state index contributed by atoms with van der Waals surface area (Å²) in [7, 11) is -1.06. The van der Waals surface area contributed by atoms with Gasteiger partial charge in [0.2, 0.25) is 0 Å². The second kappa shape index (κ2) is 5.28. The Balaban J connectivity index is 2.10. The molecule has 0 radical (unpaired) electrons. The lowest BCUT2D eigenvalue weighted by molar-refractivity contribution is 0.322. The van der Waals surface area contributed by atoms with Crippen molar-refractivity contribution in [3.8, 4) is 0 Å². The summed E-state index contributed by atoms with van der Waals surface area (Å²) < 4.78 is 23.3. The van der Waals surface area contributed by atoms with Crippen LogP contribution in [0, 0.1) is 0 Å². The Morgan fingerprint density at radius 3 is 2.72 bits per heavy atom. The third-order valence-electron chi connectivity index (χ3n) is 3.49. The molecule has 1 atom stereocenters. The van der Waals surface area contributed by atoms with Gasteiger partial charge in [0.1, 0.15) is 0 Å². The molecule has 1 unspecified atom stereocenters. The van der Waals surface area contributed by atoms with Gasteiger partial charge in [0.15, 0.2) is 9.84 Å². The highest BCUT2D eigenvalue weighted by Gasteiger charge is 2.21. The van der Waals surface area contributed by atoms with Gasteiger partial charge in [0, 0.05) is 18.8 Å². The predicted molar refractivity (Wildman–Crippen MR) is 73.7 cm³/mol. The SMILES string of the molecule is CN1CCCC1CNc1ccccc1S(C)(=O)=O. The van der Waals surface area contributed by atoms with Gasteiger partial charge >= 0.3 is 0 Å². The molecule has 1 aromatic carbocycles. The number of nitrogens with one attached hydrogen (secondary N) is 1. The van der Waals surface area contributed by atoms with E-state index in [1.807, 2.05) is 12.1 Å². The van der Waals surface area contributed by atoms with Crippen LogP contribution in [0.1, 0.15) is 12.8 Å². The van der Waals surface area contributed by atoms with Gasteiger partial charge in [-0.15, -0.1) is 0 Å². The van der Waals surface area contributed by atoms with E-state index in [9.17, 15) is 8.42 Å². The Morgan fingerprint density at radius 2 is 2.11 bits per heavy atom. The number of nitrogens with zero attached hydrogens (tertiary/aromatic N) is 1. The maximum Gasteiger partial charge on any atom is 0.177 e. The monoisotopic (exact) mass is 268 g/mol. The van der Waals surface area contributed by atoms with Crippen molar-refractivity contribution in [1.29, 1.82) is 0 Å². The molecule has 1 aromatic rings. The lowest BCUT2D eigenvalue weighted by Gasteiger charge is -2.21. The van der Waals surface area contributed by atoms with E-state index in [1.165, 1.54) is 19.1 Å². The minimum absolute atomic E-state index is 0.380. The lowest BCUT2D eigenvalue weighted by atomic mass is 10.2. The fourth-order valence-electron chi connectivity index (χ4n) is 2.40. The van der Waals surface area contributed by atoms with Crippen molar-refractivity contribution in [2.24, 2.45) is 0 Å². The molecule has 0 aromatic heterocycles. The summed E-state index contributed by atoms with van der Waals surface area (Å²) in [5.41, 5.74) is 0.709. The van der Waals surface area contributed by atoms with Crippen LogP contribution in [0.5, 0.6) is 0 Å². The first-order chi connectivity index (χ1) is 8.48. The predicted octanol–water partition coefficient (Wildman–Crippen LogP) is 1.60. The molecule has 4 nitrogen and oxygen atoms in total. The van der Waals surface area contributed by atoms with Crippen LogP contribution < -0.4 is 5.32 Å². The highest BCUT2D eigenvalue weighted by atomic mass is 32.2. The first-order valence-corrected chi connectivity index (χ1v) is 8.11. The van der Waals surface area contributed by atoms with E-state index in [2.05, 4.69) is 17.3 Å². The number of benzene rings is 1. The van der Waals surface area contributed by atoms with Crippen molar-refractivity contribution in [1.82, 2.24) is 4.90 Å². The Bertz CT molecular complexity index is 513. The first kappa shape index (κ1) is 13.4. The van der Waals surface area contributed by atoms with E-state index in [0.29, 0.717) is 16.6 Å². The topological polar surface area (TPSA) is 49.4 Å². The fourth-order valence-corrected chi connectivity index (χ4v) is 3.27. The summed E-state index contributed by atoms with van der Waals surface area (Å²) in [5.74, 6) is 0. The fraction of sp³-hybridized carbons (Fsp3) is 0.538. The van der Waals surface area contributed by atoms with E-state index in [1.54, 1.807) is 12.1 Å². The van der Waals surface area contributed by atoms with Gasteiger partial charge in [-0.05, 0) is 38.6 Å². The third kappa shape index (κ3) is 3.03. The summed E-state index contributed by atoms with van der Waals surface area (Å²) >= 11 is 0. The lowest BCUT2D eigenvalue weighted by Crippen LogP contribution is -2.31. The number of hydrogen-bond acceptors (Lipinski definition) is 4. The number of likely N-dealkylation sites (tertiary alicyclic amines) is 1. The van der Waals surface area contributed by atoms with Crippen LogP contribution in [0.4, 0.5) is 5.69 Å². The van der Waals surface area contributed by atoms with E-state index in [-0.39, 0.29) is 0 Å². The Kier molecular flexibility index (Phi) is 3.92. The molecule has 1 aliphatic heterocycles. The zero-order chi connectivity index (χ0) is 13.2. The summed E-state index contributed by atoms with van der Waals surface area (Å²) in [6.07, 6.45) is 3.64. The van der Waals surface area contributed by atoms with E-state index < -0.39 is 9.84 Å². The van der Waals surface area contributed by atoms with E-state index >= 15 is 0 Å². The second-order valence-electron chi connectivity index (χ2n) is 4.93. The summed E-state index contributed by atoms with van der Waals surface area (Å²) in [6.45, 7) is 1.92. The minimum Gasteiger partial charge on any atom is -0.382 e. The Morgan fingerprint density at radius 1 is 1.39 bits per heavy atom. The molecule has 0 spiro atoms. The molecule has 0 aliphatic carbocycles. The zero-order valence-corrected chi connectivity index (χ0v) is 11.7. The van der Waals surface area contributed by atoms with Crippen LogP contribution in [0.2, 0.25) is 0 Å². The number of sulfone groups is 1. The smallest absolute Gasteiger partial charge is 0.177 e. The normalized spacial score (nSPS) is 21.1. The van der Waals surface area contributed by atoms with Crippen molar-refractivity contribution in [3.05, 3.63) is 24.3 Å². The van der Waals surface area contributed by atoms with Crippen LogP contribution in [0.15, 0.2) is 29.2 Å². The number of rotatable bonds is 4. The van der Waals surface area contributed by atoms with Crippen molar-refractivity contribution < 1.29 is 8.42 Å². The number of hydrogen-bond donors (Lipinski definition) is 1. The minimum atomic E-state index is -3.17. The Labute approximate surface area is 109 Å². The zero-order valence-electron chi connectivity index (χ0n) is 10.9. The van der Waals surface area contributed by atoms with Crippen molar-refractivity contribution in [3.63, 3.8) is 0 Å². The van der Waals surface area contributed by atoms with Gasteiger partial charge in [-0.3, -0.25) is 0 Å². The van der Waals surface area contributed by atoms with E-state index in [4.69, 9.17) is 0 Å². The molecule has 1 aliphatic rings. The van der Waals surface area contributed by atoms with Gasteiger partial charge in [-0.1, -0.05) is 12.1 Å². The molecule has 1 N–H and O–H groups in total. The molecule has 1 saturated heterocycles. The highest BCUT2D eigenvalue weighted by Crippen LogP contribution is 2.22. The van der Waals surface area contributed by atoms with Gasteiger partial charge in [-0.25, -0.2) is 8.42 Å². The van der Waals surface area contributed by atoms with Crippen LogP contribution in [-0.2, 0) is 9.84 Å². The maximum atomic E-state index is 11.7. The average molecular weight is 268 g/mol. The molecule has 0 amide bonds. The van der Waals surface area contributed by atoms with Crippen LogP contribution in [0.25, 0.3) is 0 Å². The maximum absolute atomic E-state index is 11.7. The highest BCUT2D eigenvalue weighted by molar-refractivity contribution is 7.90. The van der Waals surface area contributed by atoms with Gasteiger partial charge < -0.3 is 10.2 Å². The molecule has 5 heteroatoms. The summed E-state index contributed by atoms with van der Waals surface area (Å²) in [4.78, 5) is 2.70. The molecule has 0 saturated carbocycles. The Hall–Kier alpha value is -1.07. The van der Waals surface area contributed by atoms with Crippen LogP contribution in [-0.4, -0.2) is 45.8 Å². The summed E-state index contributed by atoms with van der Waals surface area (Å²) in [6, 6.07) is 7.58. The molecule has 2 rings (SSSR count). The number of anilines is 1. The van der Waals surface area contributed by atoms with Crippen LogP contribution >= 0.6 is 0 Å². The van der Waals surface area contributed by atoms with Gasteiger partial charge in [0.25, 0.3) is 0 Å². The van der Waals surface area contributed by atoms with E-state index in [0.717, 1.165) is 13.1 Å².